The van der Waals surface area contributed by atoms with Gasteiger partial charge >= 0.3 is 5.97 Å². The second-order valence-corrected chi connectivity index (χ2v) is 5.46. The van der Waals surface area contributed by atoms with Crippen LogP contribution in [-0.2, 0) is 20.7 Å². The first-order chi connectivity index (χ1) is 10.5. The smallest absolute Gasteiger partial charge is 0.328 e. The average Bonchev–Trinajstić information content (AvgIpc) is 2.51. The molecule has 1 aromatic rings. The number of esters is 1. The Balaban J connectivity index is 2.76. The van der Waals surface area contributed by atoms with Crippen LogP contribution in [-0.4, -0.2) is 31.1 Å². The summed E-state index contributed by atoms with van der Waals surface area (Å²) in [6, 6.07) is 7.99. The number of nitrogens with two attached hydrogens (primary N) is 1. The highest BCUT2D eigenvalue weighted by molar-refractivity contribution is 5.87. The van der Waals surface area contributed by atoms with Crippen LogP contribution in [0.15, 0.2) is 30.3 Å². The second-order valence-electron chi connectivity index (χ2n) is 5.46. The molecule has 0 aliphatic heterocycles. The van der Waals surface area contributed by atoms with E-state index in [1.165, 1.54) is 7.11 Å². The van der Waals surface area contributed by atoms with Gasteiger partial charge in [0.1, 0.15) is 7.45 Å². The van der Waals surface area contributed by atoms with Crippen LogP contribution in [0.3, 0.4) is 0 Å². The molecule has 0 aromatic heterocycles. The SMILES string of the molecule is [2H]N[C@@H](CC(C)C)C(=O)N[C@@H](Cc1ccccc1)C(=O)OC. The van der Waals surface area contributed by atoms with Crippen LogP contribution in [0, 0.1) is 5.92 Å². The van der Waals surface area contributed by atoms with Crippen molar-refractivity contribution in [2.45, 2.75) is 38.8 Å². The first kappa shape index (κ1) is 15.5. The summed E-state index contributed by atoms with van der Waals surface area (Å²) in [5.41, 5.74) is 3.17. The lowest BCUT2D eigenvalue weighted by Crippen LogP contribution is -2.50. The molecule has 5 heteroatoms. The van der Waals surface area contributed by atoms with Crippen LogP contribution in [0.5, 0.6) is 0 Å². The van der Waals surface area contributed by atoms with Gasteiger partial charge in [-0.25, -0.2) is 4.79 Å². The lowest BCUT2D eigenvalue weighted by Gasteiger charge is -2.20. The summed E-state index contributed by atoms with van der Waals surface area (Å²) in [6.45, 7) is 3.94. The fourth-order valence-electron chi connectivity index (χ4n) is 2.04. The summed E-state index contributed by atoms with van der Waals surface area (Å²) in [7, 11) is 1.29. The number of nitrogens with one attached hydrogen (secondary N) is 1. The number of amides is 1. The molecule has 0 saturated carbocycles. The molecule has 0 fully saturated rings. The van der Waals surface area contributed by atoms with E-state index in [9.17, 15) is 9.59 Å². The first-order valence-electron chi connectivity index (χ1n) is 7.57. The van der Waals surface area contributed by atoms with Gasteiger partial charge in [0.05, 0.1) is 13.2 Å². The number of hydrogen-bond donors (Lipinski definition) is 2. The zero-order valence-electron chi connectivity index (χ0n) is 13.8. The van der Waals surface area contributed by atoms with Crippen molar-refractivity contribution in [3.05, 3.63) is 35.9 Å². The van der Waals surface area contributed by atoms with Crippen molar-refractivity contribution in [3.8, 4) is 0 Å². The normalized spacial score (nSPS) is 14.2. The summed E-state index contributed by atoms with van der Waals surface area (Å²) >= 11 is 0. The van der Waals surface area contributed by atoms with Gasteiger partial charge < -0.3 is 15.8 Å². The number of hydrogen-bond acceptors (Lipinski definition) is 4. The average molecular weight is 293 g/mol. The van der Waals surface area contributed by atoms with Gasteiger partial charge in [0, 0.05) is 6.42 Å². The third kappa shape index (κ3) is 5.95. The van der Waals surface area contributed by atoms with E-state index < -0.39 is 18.1 Å². The number of carbonyl (C=O) groups is 2. The Labute approximate surface area is 127 Å². The van der Waals surface area contributed by atoms with E-state index in [1.54, 1.807) is 0 Å². The Morgan fingerprint density at radius 3 is 2.52 bits per heavy atom. The summed E-state index contributed by atoms with van der Waals surface area (Å²) in [4.78, 5) is 24.1. The molecule has 21 heavy (non-hydrogen) atoms. The Bertz CT molecular complexity index is 480. The standard InChI is InChI=1S/C16H24N2O3/c1-11(2)9-13(17)15(19)18-14(16(20)21-3)10-12-7-5-4-6-8-12/h4-8,11,13-14H,9-10,17H2,1-3H3,(H,18,19)/t13-,14-/m0/s1/i/hD. The predicted octanol–water partition coefficient (Wildman–Crippen LogP) is 1.26. The molecule has 0 spiro atoms. The molecule has 0 radical (unpaired) electrons. The highest BCUT2D eigenvalue weighted by Gasteiger charge is 2.24. The molecule has 0 aliphatic carbocycles. The summed E-state index contributed by atoms with van der Waals surface area (Å²) < 4.78 is 12.0. The molecule has 1 rings (SSSR count). The molecular formula is C16H24N2O3. The predicted molar refractivity (Wildman–Crippen MR) is 81.5 cm³/mol. The third-order valence-electron chi connectivity index (χ3n) is 3.11. The molecule has 1 aromatic carbocycles. The number of carbonyl (C=O) groups excluding carboxylic acids is 2. The molecule has 0 aliphatic rings. The molecular weight excluding hydrogens is 268 g/mol. The van der Waals surface area contributed by atoms with Crippen molar-refractivity contribution >= 4 is 11.9 Å². The topological polar surface area (TPSA) is 81.4 Å². The van der Waals surface area contributed by atoms with Crippen LogP contribution in [0.1, 0.15) is 25.8 Å². The lowest BCUT2D eigenvalue weighted by atomic mass is 10.0. The summed E-state index contributed by atoms with van der Waals surface area (Å²) in [6.07, 6.45) is 0.875. The van der Waals surface area contributed by atoms with Crippen molar-refractivity contribution in [2.75, 3.05) is 7.11 Å². The fourth-order valence-corrected chi connectivity index (χ4v) is 2.04. The van der Waals surface area contributed by atoms with Crippen LogP contribution < -0.4 is 11.0 Å². The minimum absolute atomic E-state index is 0.263. The number of benzene rings is 1. The van der Waals surface area contributed by atoms with Crippen LogP contribution >= 0.6 is 0 Å². The van der Waals surface area contributed by atoms with E-state index in [-0.39, 0.29) is 11.8 Å². The minimum atomic E-state index is -0.761. The zero-order chi connectivity index (χ0) is 16.5. The van der Waals surface area contributed by atoms with Crippen molar-refractivity contribution < 1.29 is 15.7 Å². The van der Waals surface area contributed by atoms with E-state index in [0.717, 1.165) is 5.56 Å². The van der Waals surface area contributed by atoms with Gasteiger partial charge in [-0.2, -0.15) is 0 Å². The number of ether oxygens (including phenoxy) is 1. The summed E-state index contributed by atoms with van der Waals surface area (Å²) in [5, 5.41) is 2.68. The Morgan fingerprint density at radius 1 is 1.33 bits per heavy atom. The molecule has 0 unspecified atom stereocenters. The molecule has 0 heterocycles. The lowest BCUT2D eigenvalue weighted by molar-refractivity contribution is -0.145. The molecule has 116 valence electrons. The Morgan fingerprint density at radius 2 is 2.00 bits per heavy atom. The molecule has 3 N–H and O–H groups in total. The molecule has 2 atom stereocenters. The van der Waals surface area contributed by atoms with Crippen LogP contribution in [0.25, 0.3) is 0 Å². The van der Waals surface area contributed by atoms with Crippen molar-refractivity contribution in [1.82, 2.24) is 5.32 Å². The first-order valence-corrected chi connectivity index (χ1v) is 7.07. The molecule has 0 saturated heterocycles. The van der Waals surface area contributed by atoms with Crippen molar-refractivity contribution in [3.63, 3.8) is 0 Å². The molecule has 5 nitrogen and oxygen atoms in total. The maximum absolute atomic E-state index is 12.2. The fraction of sp³-hybridized carbons (Fsp3) is 0.500. The van der Waals surface area contributed by atoms with E-state index in [1.807, 2.05) is 44.2 Å². The van der Waals surface area contributed by atoms with Crippen molar-refractivity contribution in [2.24, 2.45) is 11.6 Å². The highest BCUT2D eigenvalue weighted by Crippen LogP contribution is 2.07. The van der Waals surface area contributed by atoms with Gasteiger partial charge in [0.25, 0.3) is 0 Å². The molecule has 0 bridgehead atoms. The quantitative estimate of drug-likeness (QED) is 0.707. The van der Waals surface area contributed by atoms with Gasteiger partial charge in [-0.1, -0.05) is 44.2 Å². The Kier molecular flexibility index (Phi) is 6.22. The van der Waals surface area contributed by atoms with Gasteiger partial charge in [-0.15, -0.1) is 0 Å². The minimum Gasteiger partial charge on any atom is -0.467 e. The maximum Gasteiger partial charge on any atom is 0.328 e. The third-order valence-corrected chi connectivity index (χ3v) is 3.11. The number of methoxy groups -OCH3 is 1. The van der Waals surface area contributed by atoms with Gasteiger partial charge in [-0.3, -0.25) is 4.79 Å². The highest BCUT2D eigenvalue weighted by atomic mass is 16.5. The van der Waals surface area contributed by atoms with Crippen LogP contribution in [0.2, 0.25) is 1.41 Å². The zero-order valence-corrected chi connectivity index (χ0v) is 12.8. The van der Waals surface area contributed by atoms with Crippen LogP contribution in [0.4, 0.5) is 0 Å². The van der Waals surface area contributed by atoms with E-state index in [4.69, 9.17) is 6.15 Å². The van der Waals surface area contributed by atoms with E-state index >= 15 is 0 Å². The number of rotatable bonds is 8. The Hall–Kier alpha value is -1.88. The monoisotopic (exact) mass is 293 g/mol. The van der Waals surface area contributed by atoms with Gasteiger partial charge in [0.2, 0.25) is 5.91 Å². The van der Waals surface area contributed by atoms with E-state index in [2.05, 4.69) is 11.0 Å². The molecule has 1 amide bonds. The van der Waals surface area contributed by atoms with E-state index in [0.29, 0.717) is 12.8 Å². The summed E-state index contributed by atoms with van der Waals surface area (Å²) in [5.74, 6) is -0.597. The maximum atomic E-state index is 12.2. The largest absolute Gasteiger partial charge is 0.467 e. The van der Waals surface area contributed by atoms with Gasteiger partial charge in [-0.05, 0) is 17.9 Å². The second kappa shape index (κ2) is 8.42. The van der Waals surface area contributed by atoms with Gasteiger partial charge in [0.15, 0.2) is 0 Å². The van der Waals surface area contributed by atoms with Crippen molar-refractivity contribution in [1.29, 1.82) is 0 Å².